The van der Waals surface area contributed by atoms with Crippen LogP contribution in [0.2, 0.25) is 0 Å². The smallest absolute Gasteiger partial charge is 0.0879 e. The summed E-state index contributed by atoms with van der Waals surface area (Å²) in [6.07, 6.45) is 3.48. The first-order valence-corrected chi connectivity index (χ1v) is 4.87. The molecule has 0 spiro atoms. The van der Waals surface area contributed by atoms with E-state index in [9.17, 15) is 5.11 Å². The van der Waals surface area contributed by atoms with Gasteiger partial charge >= 0.3 is 0 Å². The zero-order valence-corrected chi connectivity index (χ0v) is 8.51. The van der Waals surface area contributed by atoms with Crippen molar-refractivity contribution in [1.82, 2.24) is 0 Å². The van der Waals surface area contributed by atoms with Crippen molar-refractivity contribution >= 4 is 0 Å². The first kappa shape index (κ1) is 11.9. The molecule has 0 radical (unpaired) electrons. The summed E-state index contributed by atoms with van der Waals surface area (Å²) >= 11 is 0. The van der Waals surface area contributed by atoms with Crippen molar-refractivity contribution in [1.29, 1.82) is 0 Å². The van der Waals surface area contributed by atoms with Crippen LogP contribution in [-0.4, -0.2) is 22.4 Å². The lowest BCUT2D eigenvalue weighted by molar-refractivity contribution is -0.0380. The maximum atomic E-state index is 9.87. The van der Waals surface area contributed by atoms with Gasteiger partial charge in [-0.3, -0.25) is 0 Å². The second kappa shape index (κ2) is 5.55. The van der Waals surface area contributed by atoms with E-state index in [1.54, 1.807) is 0 Å². The highest BCUT2D eigenvalue weighted by atomic mass is 16.3. The van der Waals surface area contributed by atoms with Gasteiger partial charge in [-0.05, 0) is 18.8 Å². The van der Waals surface area contributed by atoms with Gasteiger partial charge in [-0.25, -0.2) is 0 Å². The van der Waals surface area contributed by atoms with E-state index in [4.69, 9.17) is 5.11 Å². The Labute approximate surface area is 75.6 Å². The standard InChI is InChI=1S/C10H22O2/c1-4-5-6-10(12,8-11)7-9(2)3/h9,11-12H,4-8H2,1-3H3. The molecule has 2 nitrogen and oxygen atoms in total. The SMILES string of the molecule is CCCCC(O)(CO)CC(C)C. The Kier molecular flexibility index (Phi) is 5.51. The molecule has 0 aliphatic heterocycles. The van der Waals surface area contributed by atoms with Crippen molar-refractivity contribution in [3.05, 3.63) is 0 Å². The van der Waals surface area contributed by atoms with Gasteiger partial charge in [-0.2, -0.15) is 0 Å². The molecule has 0 rings (SSSR count). The number of unbranched alkanes of at least 4 members (excludes halogenated alkanes) is 1. The number of aliphatic hydroxyl groups is 2. The predicted molar refractivity (Wildman–Crippen MR) is 51.0 cm³/mol. The van der Waals surface area contributed by atoms with Crippen LogP contribution in [0.1, 0.15) is 46.5 Å². The summed E-state index contributed by atoms with van der Waals surface area (Å²) in [6, 6.07) is 0. The monoisotopic (exact) mass is 174 g/mol. The molecule has 0 fully saturated rings. The molecule has 1 atom stereocenters. The Morgan fingerprint density at radius 3 is 2.25 bits per heavy atom. The summed E-state index contributed by atoms with van der Waals surface area (Å²) in [5.74, 6) is 0.444. The van der Waals surface area contributed by atoms with Crippen LogP contribution in [0.4, 0.5) is 0 Å². The van der Waals surface area contributed by atoms with E-state index in [0.29, 0.717) is 12.3 Å². The van der Waals surface area contributed by atoms with Crippen LogP contribution in [0, 0.1) is 5.92 Å². The summed E-state index contributed by atoms with van der Waals surface area (Å²) < 4.78 is 0. The fourth-order valence-electron chi connectivity index (χ4n) is 1.51. The molecule has 12 heavy (non-hydrogen) atoms. The lowest BCUT2D eigenvalue weighted by atomic mass is 9.88. The molecule has 0 aliphatic carbocycles. The van der Waals surface area contributed by atoms with Gasteiger partial charge in [0, 0.05) is 0 Å². The molecule has 0 amide bonds. The number of aliphatic hydroxyl groups excluding tert-OH is 1. The Morgan fingerprint density at radius 1 is 1.33 bits per heavy atom. The summed E-state index contributed by atoms with van der Waals surface area (Å²) in [6.45, 7) is 6.11. The molecule has 74 valence electrons. The second-order valence-electron chi connectivity index (χ2n) is 4.08. The summed E-state index contributed by atoms with van der Waals surface area (Å²) in [7, 11) is 0. The molecule has 0 aliphatic rings. The third-order valence-electron chi connectivity index (χ3n) is 2.08. The van der Waals surface area contributed by atoms with E-state index in [1.165, 1.54) is 0 Å². The number of hydrogen-bond donors (Lipinski definition) is 2. The topological polar surface area (TPSA) is 40.5 Å². The molecular weight excluding hydrogens is 152 g/mol. The normalized spacial score (nSPS) is 16.5. The molecule has 2 N–H and O–H groups in total. The van der Waals surface area contributed by atoms with Crippen molar-refractivity contribution in [2.24, 2.45) is 5.92 Å². The first-order valence-electron chi connectivity index (χ1n) is 4.87. The maximum absolute atomic E-state index is 9.87. The molecule has 0 saturated carbocycles. The quantitative estimate of drug-likeness (QED) is 0.646. The van der Waals surface area contributed by atoms with Crippen molar-refractivity contribution in [3.63, 3.8) is 0 Å². The van der Waals surface area contributed by atoms with Crippen LogP contribution < -0.4 is 0 Å². The van der Waals surface area contributed by atoms with E-state index < -0.39 is 5.60 Å². The second-order valence-corrected chi connectivity index (χ2v) is 4.08. The Hall–Kier alpha value is -0.0800. The highest BCUT2D eigenvalue weighted by Gasteiger charge is 2.25. The molecule has 2 heteroatoms. The van der Waals surface area contributed by atoms with Crippen LogP contribution in [0.25, 0.3) is 0 Å². The maximum Gasteiger partial charge on any atom is 0.0879 e. The molecule has 1 unspecified atom stereocenters. The fraction of sp³-hybridized carbons (Fsp3) is 1.00. The van der Waals surface area contributed by atoms with Crippen LogP contribution in [0.15, 0.2) is 0 Å². The van der Waals surface area contributed by atoms with E-state index in [0.717, 1.165) is 19.3 Å². The first-order chi connectivity index (χ1) is 5.54. The zero-order valence-electron chi connectivity index (χ0n) is 8.51. The highest BCUT2D eigenvalue weighted by molar-refractivity contribution is 4.78. The lowest BCUT2D eigenvalue weighted by Gasteiger charge is -2.27. The van der Waals surface area contributed by atoms with Gasteiger partial charge in [0.1, 0.15) is 0 Å². The largest absolute Gasteiger partial charge is 0.393 e. The molecule has 0 aromatic rings. The van der Waals surface area contributed by atoms with Crippen molar-refractivity contribution in [2.45, 2.75) is 52.1 Å². The minimum atomic E-state index is -0.829. The van der Waals surface area contributed by atoms with E-state index >= 15 is 0 Å². The van der Waals surface area contributed by atoms with Gasteiger partial charge in [0.15, 0.2) is 0 Å². The third-order valence-corrected chi connectivity index (χ3v) is 2.08. The van der Waals surface area contributed by atoms with Crippen LogP contribution in [-0.2, 0) is 0 Å². The average Bonchev–Trinajstić information content (AvgIpc) is 2.00. The minimum absolute atomic E-state index is 0.106. The zero-order chi connectivity index (χ0) is 9.61. The average molecular weight is 174 g/mol. The van der Waals surface area contributed by atoms with Crippen LogP contribution >= 0.6 is 0 Å². The van der Waals surface area contributed by atoms with Crippen molar-refractivity contribution in [2.75, 3.05) is 6.61 Å². The van der Waals surface area contributed by atoms with Gasteiger partial charge in [0.25, 0.3) is 0 Å². The van der Waals surface area contributed by atoms with E-state index in [2.05, 4.69) is 20.8 Å². The number of hydrogen-bond acceptors (Lipinski definition) is 2. The van der Waals surface area contributed by atoms with Crippen LogP contribution in [0.5, 0.6) is 0 Å². The van der Waals surface area contributed by atoms with E-state index in [1.807, 2.05) is 0 Å². The van der Waals surface area contributed by atoms with Gasteiger partial charge in [0.2, 0.25) is 0 Å². The molecular formula is C10H22O2. The Bertz CT molecular complexity index is 112. The summed E-state index contributed by atoms with van der Waals surface area (Å²) in [4.78, 5) is 0. The molecule has 0 bridgehead atoms. The molecule has 0 saturated heterocycles. The fourth-order valence-corrected chi connectivity index (χ4v) is 1.51. The van der Waals surface area contributed by atoms with Crippen molar-refractivity contribution in [3.8, 4) is 0 Å². The van der Waals surface area contributed by atoms with Gasteiger partial charge in [-0.1, -0.05) is 33.6 Å². The predicted octanol–water partition coefficient (Wildman–Crippen LogP) is 1.95. The van der Waals surface area contributed by atoms with Gasteiger partial charge in [-0.15, -0.1) is 0 Å². The Balaban J connectivity index is 3.86. The number of rotatable bonds is 6. The molecule has 0 heterocycles. The van der Waals surface area contributed by atoms with E-state index in [-0.39, 0.29) is 6.61 Å². The molecule has 0 aromatic heterocycles. The van der Waals surface area contributed by atoms with Gasteiger partial charge < -0.3 is 10.2 Å². The van der Waals surface area contributed by atoms with Crippen molar-refractivity contribution < 1.29 is 10.2 Å². The van der Waals surface area contributed by atoms with Crippen LogP contribution in [0.3, 0.4) is 0 Å². The highest BCUT2D eigenvalue weighted by Crippen LogP contribution is 2.22. The summed E-state index contributed by atoms with van der Waals surface area (Å²) in [5.41, 5.74) is -0.829. The lowest BCUT2D eigenvalue weighted by Crippen LogP contribution is -2.34. The third kappa shape index (κ3) is 4.73. The summed E-state index contributed by atoms with van der Waals surface area (Å²) in [5, 5.41) is 18.9. The van der Waals surface area contributed by atoms with Gasteiger partial charge in [0.05, 0.1) is 12.2 Å². The minimum Gasteiger partial charge on any atom is -0.393 e. The Morgan fingerprint density at radius 2 is 1.92 bits per heavy atom. The molecule has 0 aromatic carbocycles.